The van der Waals surface area contributed by atoms with Gasteiger partial charge in [0.1, 0.15) is 5.82 Å². The Morgan fingerprint density at radius 2 is 1.73 bits per heavy atom. The van der Waals surface area contributed by atoms with Crippen molar-refractivity contribution in [2.75, 3.05) is 5.32 Å². The largest absolute Gasteiger partial charge is 0.310 e. The highest BCUT2D eigenvalue weighted by atomic mass is 19.3. The minimum atomic E-state index is -2.76. The summed E-state index contributed by atoms with van der Waals surface area (Å²) in [6, 6.07) is 0. The van der Waals surface area contributed by atoms with Crippen molar-refractivity contribution in [2.45, 2.75) is 50.4 Å². The number of alkyl halides is 4. The van der Waals surface area contributed by atoms with Crippen LogP contribution in [0.4, 0.5) is 23.4 Å². The van der Waals surface area contributed by atoms with E-state index in [0.29, 0.717) is 17.1 Å². The van der Waals surface area contributed by atoms with Gasteiger partial charge < -0.3 is 5.32 Å². The monoisotopic (exact) mass is 319 g/mol. The van der Waals surface area contributed by atoms with Crippen molar-refractivity contribution >= 4 is 11.7 Å². The summed E-state index contributed by atoms with van der Waals surface area (Å²) in [7, 11) is 1.60. The summed E-state index contributed by atoms with van der Waals surface area (Å²) in [6.45, 7) is 1.70. The Bertz CT molecular complexity index is 610. The topological polar surface area (TPSA) is 46.9 Å². The van der Waals surface area contributed by atoms with E-state index in [9.17, 15) is 22.4 Å². The molecule has 0 atom stereocenters. The van der Waals surface area contributed by atoms with Crippen LogP contribution in [0.5, 0.6) is 0 Å². The fourth-order valence-electron chi connectivity index (χ4n) is 3.13. The molecule has 0 unspecified atom stereocenters. The zero-order chi connectivity index (χ0) is 16.3. The molecule has 8 heteroatoms. The molecule has 2 saturated carbocycles. The summed E-state index contributed by atoms with van der Waals surface area (Å²) in [5.74, 6) is -6.50. The lowest BCUT2D eigenvalue weighted by molar-refractivity contribution is -0.145. The SMILES string of the molecule is Cc1c(C2CC(F)(F)C2)nn(C)c1NC(=O)C1CC(F)(F)C1. The number of carbonyl (C=O) groups is 1. The zero-order valence-electron chi connectivity index (χ0n) is 12.3. The molecule has 4 nitrogen and oxygen atoms in total. The van der Waals surface area contributed by atoms with Gasteiger partial charge in [0, 0.05) is 50.1 Å². The van der Waals surface area contributed by atoms with Crippen LogP contribution in [0.3, 0.4) is 0 Å². The van der Waals surface area contributed by atoms with Crippen LogP contribution in [0.15, 0.2) is 0 Å². The number of nitrogens with zero attached hydrogens (tertiary/aromatic N) is 2. The van der Waals surface area contributed by atoms with Gasteiger partial charge in [0.2, 0.25) is 17.8 Å². The second-order valence-electron chi connectivity index (χ2n) is 6.39. The number of rotatable bonds is 3. The Kier molecular flexibility index (Phi) is 3.27. The van der Waals surface area contributed by atoms with Gasteiger partial charge in [0.15, 0.2) is 0 Å². The Labute approximate surface area is 124 Å². The third-order valence-electron chi connectivity index (χ3n) is 4.50. The molecule has 1 aromatic heterocycles. The fraction of sp³-hybridized carbons (Fsp3) is 0.714. The molecular formula is C14H17F4N3O. The minimum Gasteiger partial charge on any atom is -0.310 e. The van der Waals surface area contributed by atoms with Crippen molar-refractivity contribution < 1.29 is 22.4 Å². The van der Waals surface area contributed by atoms with Gasteiger partial charge in [-0.05, 0) is 6.92 Å². The number of carbonyl (C=O) groups excluding carboxylic acids is 1. The zero-order valence-corrected chi connectivity index (χ0v) is 12.3. The molecule has 0 spiro atoms. The quantitative estimate of drug-likeness (QED) is 0.870. The predicted molar refractivity (Wildman–Crippen MR) is 71.2 cm³/mol. The molecule has 0 aliphatic heterocycles. The molecule has 0 radical (unpaired) electrons. The van der Waals surface area contributed by atoms with Crippen LogP contribution in [0.2, 0.25) is 0 Å². The molecule has 3 rings (SSSR count). The first-order valence-corrected chi connectivity index (χ1v) is 7.18. The van der Waals surface area contributed by atoms with Crippen molar-refractivity contribution in [2.24, 2.45) is 13.0 Å². The number of amides is 1. The van der Waals surface area contributed by atoms with E-state index in [1.54, 1.807) is 14.0 Å². The van der Waals surface area contributed by atoms with E-state index in [2.05, 4.69) is 10.4 Å². The summed E-state index contributed by atoms with van der Waals surface area (Å²) in [5.41, 5.74) is 1.17. The van der Waals surface area contributed by atoms with E-state index in [-0.39, 0.29) is 18.8 Å². The molecule has 0 saturated heterocycles. The second kappa shape index (κ2) is 4.70. The molecule has 1 N–H and O–H groups in total. The lowest BCUT2D eigenvalue weighted by atomic mass is 9.78. The van der Waals surface area contributed by atoms with Gasteiger partial charge in [-0.25, -0.2) is 17.6 Å². The van der Waals surface area contributed by atoms with E-state index in [4.69, 9.17) is 0 Å². The van der Waals surface area contributed by atoms with Gasteiger partial charge >= 0.3 is 0 Å². The van der Waals surface area contributed by atoms with Crippen LogP contribution < -0.4 is 5.32 Å². The second-order valence-corrected chi connectivity index (χ2v) is 6.39. The van der Waals surface area contributed by atoms with Crippen LogP contribution in [0, 0.1) is 12.8 Å². The number of anilines is 1. The van der Waals surface area contributed by atoms with Gasteiger partial charge in [-0.2, -0.15) is 5.10 Å². The summed E-state index contributed by atoms with van der Waals surface area (Å²) in [5, 5.41) is 6.81. The summed E-state index contributed by atoms with van der Waals surface area (Å²) in [6.07, 6.45) is -1.38. The van der Waals surface area contributed by atoms with Crippen molar-refractivity contribution in [1.29, 1.82) is 0 Å². The van der Waals surface area contributed by atoms with E-state index >= 15 is 0 Å². The number of hydrogen-bond donors (Lipinski definition) is 1. The molecule has 2 aliphatic rings. The standard InChI is InChI=1S/C14H17F4N3O/c1-7-10(8-3-13(15,16)4-8)20-21(2)11(7)19-12(22)9-5-14(17,18)6-9/h8-9H,3-6H2,1-2H3,(H,19,22). The summed E-state index contributed by atoms with van der Waals surface area (Å²) < 4.78 is 53.0. The highest BCUT2D eigenvalue weighted by molar-refractivity contribution is 5.93. The van der Waals surface area contributed by atoms with Gasteiger partial charge in [-0.15, -0.1) is 0 Å². The first-order valence-electron chi connectivity index (χ1n) is 7.18. The molecule has 0 aromatic carbocycles. The molecule has 1 heterocycles. The third-order valence-corrected chi connectivity index (χ3v) is 4.50. The predicted octanol–water partition coefficient (Wildman–Crippen LogP) is 3.23. The number of halogens is 4. The lowest BCUT2D eigenvalue weighted by Crippen LogP contribution is -2.42. The average molecular weight is 319 g/mol. The van der Waals surface area contributed by atoms with Crippen LogP contribution in [0.1, 0.15) is 42.9 Å². The van der Waals surface area contributed by atoms with Crippen molar-refractivity contribution in [3.8, 4) is 0 Å². The maximum Gasteiger partial charge on any atom is 0.249 e. The van der Waals surface area contributed by atoms with Crippen molar-refractivity contribution in [1.82, 2.24) is 9.78 Å². The number of aromatic nitrogens is 2. The van der Waals surface area contributed by atoms with Crippen LogP contribution >= 0.6 is 0 Å². The third kappa shape index (κ3) is 2.59. The normalized spacial score (nSPS) is 23.7. The average Bonchev–Trinajstić information content (AvgIpc) is 2.60. The smallest absolute Gasteiger partial charge is 0.249 e. The first-order chi connectivity index (χ1) is 10.1. The van der Waals surface area contributed by atoms with Crippen LogP contribution in [-0.2, 0) is 11.8 Å². The van der Waals surface area contributed by atoms with Crippen molar-refractivity contribution in [3.63, 3.8) is 0 Å². The number of aryl methyl sites for hydroxylation is 1. The Morgan fingerprint density at radius 3 is 2.23 bits per heavy atom. The highest BCUT2D eigenvalue weighted by Gasteiger charge is 2.49. The first kappa shape index (κ1) is 15.3. The maximum absolute atomic E-state index is 13.0. The molecule has 1 amide bonds. The molecule has 2 fully saturated rings. The van der Waals surface area contributed by atoms with Gasteiger partial charge in [-0.1, -0.05) is 0 Å². The molecular weight excluding hydrogens is 302 g/mol. The molecule has 1 aromatic rings. The Morgan fingerprint density at radius 1 is 1.18 bits per heavy atom. The number of hydrogen-bond acceptors (Lipinski definition) is 2. The van der Waals surface area contributed by atoms with Crippen LogP contribution in [0.25, 0.3) is 0 Å². The van der Waals surface area contributed by atoms with E-state index in [1.807, 2.05) is 0 Å². The van der Waals surface area contributed by atoms with Gasteiger partial charge in [-0.3, -0.25) is 9.48 Å². The molecule has 0 bridgehead atoms. The lowest BCUT2D eigenvalue weighted by Gasteiger charge is -2.34. The van der Waals surface area contributed by atoms with Crippen LogP contribution in [-0.4, -0.2) is 27.5 Å². The summed E-state index contributed by atoms with van der Waals surface area (Å²) in [4.78, 5) is 11.9. The van der Waals surface area contributed by atoms with Gasteiger partial charge in [0.25, 0.3) is 0 Å². The molecule has 122 valence electrons. The van der Waals surface area contributed by atoms with E-state index < -0.39 is 36.5 Å². The molecule has 2 aliphatic carbocycles. The Balaban J connectivity index is 1.70. The summed E-state index contributed by atoms with van der Waals surface area (Å²) >= 11 is 0. The number of nitrogens with one attached hydrogen (secondary N) is 1. The molecule has 22 heavy (non-hydrogen) atoms. The minimum absolute atomic E-state index is 0.243. The highest BCUT2D eigenvalue weighted by Crippen LogP contribution is 2.49. The van der Waals surface area contributed by atoms with E-state index in [1.165, 1.54) is 4.68 Å². The maximum atomic E-state index is 13.0. The van der Waals surface area contributed by atoms with Crippen molar-refractivity contribution in [3.05, 3.63) is 11.3 Å². The van der Waals surface area contributed by atoms with Gasteiger partial charge in [0.05, 0.1) is 5.69 Å². The Hall–Kier alpha value is -1.60. The van der Waals surface area contributed by atoms with E-state index in [0.717, 1.165) is 0 Å². The fourth-order valence-corrected chi connectivity index (χ4v) is 3.13.